The summed E-state index contributed by atoms with van der Waals surface area (Å²) in [7, 11) is 2.55. The van der Waals surface area contributed by atoms with Gasteiger partial charge in [-0.1, -0.05) is 12.2 Å². The van der Waals surface area contributed by atoms with Crippen LogP contribution in [0.15, 0.2) is 27.1 Å². The van der Waals surface area contributed by atoms with Crippen LogP contribution in [0.5, 0.6) is 0 Å². The number of thiazole rings is 1. The molecular weight excluding hydrogens is 505 g/mol. The van der Waals surface area contributed by atoms with Gasteiger partial charge in [0.15, 0.2) is 5.13 Å². The van der Waals surface area contributed by atoms with E-state index in [0.29, 0.717) is 12.1 Å². The SMILES string of the molecule is Cn1c(N)c(C(=S)CC(=O)Nc2nc(-c3cc(F)c(C(F)(F)F)c(F)c3)cs2)c(=O)n(C)c1=O. The average Bonchev–Trinajstić information content (AvgIpc) is 3.17. The zero-order valence-corrected chi connectivity index (χ0v) is 18.9. The molecule has 0 radical (unpaired) electrons. The number of nitrogens with zero attached hydrogens (tertiary/aromatic N) is 3. The molecule has 0 atom stereocenters. The van der Waals surface area contributed by atoms with E-state index in [9.17, 15) is 36.3 Å². The predicted molar refractivity (Wildman–Crippen MR) is 119 cm³/mol. The standard InChI is InChI=1S/C19H14F5N5O3S2/c1-28-15(25)13(16(31)29(2)18(28)32)11(33)5-12(30)27-17-26-10(6-34-17)7-3-8(20)14(9(21)4-7)19(22,23)24/h3-4,6H,5,25H2,1-2H3,(H,26,27,30). The van der Waals surface area contributed by atoms with Crippen molar-refractivity contribution in [2.45, 2.75) is 12.6 Å². The second-order valence-electron chi connectivity index (χ2n) is 6.96. The summed E-state index contributed by atoms with van der Waals surface area (Å²) in [6.07, 6.45) is -5.69. The van der Waals surface area contributed by atoms with Crippen LogP contribution in [0.25, 0.3) is 11.3 Å². The van der Waals surface area contributed by atoms with Crippen molar-refractivity contribution in [2.75, 3.05) is 11.1 Å². The summed E-state index contributed by atoms with van der Waals surface area (Å²) in [6, 6.07) is 0.972. The minimum Gasteiger partial charge on any atom is -0.384 e. The van der Waals surface area contributed by atoms with Gasteiger partial charge in [0.05, 0.1) is 17.7 Å². The monoisotopic (exact) mass is 519 g/mol. The van der Waals surface area contributed by atoms with E-state index in [1.165, 1.54) is 19.5 Å². The molecule has 0 aliphatic heterocycles. The average molecular weight is 519 g/mol. The number of alkyl halides is 3. The van der Waals surface area contributed by atoms with Crippen molar-refractivity contribution in [2.24, 2.45) is 14.1 Å². The normalized spacial score (nSPS) is 11.5. The Morgan fingerprint density at radius 2 is 1.76 bits per heavy atom. The van der Waals surface area contributed by atoms with Crippen LogP contribution in [0.4, 0.5) is 32.9 Å². The molecule has 0 fully saturated rings. The molecule has 0 unspecified atom stereocenters. The van der Waals surface area contributed by atoms with E-state index < -0.39 is 47.0 Å². The lowest BCUT2D eigenvalue weighted by molar-refractivity contribution is -0.142. The molecule has 1 aromatic carbocycles. The molecule has 0 aliphatic carbocycles. The van der Waals surface area contributed by atoms with Crippen LogP contribution in [0.3, 0.4) is 0 Å². The van der Waals surface area contributed by atoms with Crippen molar-refractivity contribution in [3.05, 3.63) is 61.1 Å². The topological polar surface area (TPSA) is 112 Å². The van der Waals surface area contributed by atoms with Crippen LogP contribution < -0.4 is 22.3 Å². The van der Waals surface area contributed by atoms with E-state index in [4.69, 9.17) is 18.0 Å². The Labute approximate surface area is 196 Å². The maximum absolute atomic E-state index is 13.8. The summed E-state index contributed by atoms with van der Waals surface area (Å²) in [5, 5.41) is 3.61. The van der Waals surface area contributed by atoms with Gasteiger partial charge in [0.2, 0.25) is 5.91 Å². The second kappa shape index (κ2) is 9.06. The smallest absolute Gasteiger partial charge is 0.384 e. The molecule has 15 heteroatoms. The number of hydrogen-bond acceptors (Lipinski definition) is 7. The van der Waals surface area contributed by atoms with E-state index in [0.717, 1.165) is 20.5 Å². The van der Waals surface area contributed by atoms with Crippen molar-refractivity contribution in [1.29, 1.82) is 0 Å². The zero-order chi connectivity index (χ0) is 25.5. The maximum Gasteiger partial charge on any atom is 0.422 e. The molecule has 0 saturated heterocycles. The Kier molecular flexibility index (Phi) is 6.71. The van der Waals surface area contributed by atoms with Gasteiger partial charge in [-0.05, 0) is 12.1 Å². The van der Waals surface area contributed by atoms with Crippen LogP contribution >= 0.6 is 23.6 Å². The van der Waals surface area contributed by atoms with Gasteiger partial charge in [0.1, 0.15) is 23.0 Å². The lowest BCUT2D eigenvalue weighted by atomic mass is 10.1. The zero-order valence-electron chi connectivity index (χ0n) is 17.3. The van der Waals surface area contributed by atoms with Gasteiger partial charge in [-0.15, -0.1) is 11.3 Å². The quantitative estimate of drug-likeness (QED) is 0.305. The summed E-state index contributed by atoms with van der Waals surface area (Å²) < 4.78 is 67.7. The molecule has 180 valence electrons. The van der Waals surface area contributed by atoms with Crippen molar-refractivity contribution >= 4 is 45.3 Å². The number of anilines is 2. The molecular formula is C19H14F5N5O3S2. The largest absolute Gasteiger partial charge is 0.422 e. The van der Waals surface area contributed by atoms with Crippen molar-refractivity contribution in [3.63, 3.8) is 0 Å². The molecule has 3 aromatic rings. The van der Waals surface area contributed by atoms with E-state index in [1.807, 2.05) is 0 Å². The van der Waals surface area contributed by atoms with Crippen LogP contribution in [-0.4, -0.2) is 24.9 Å². The number of halogens is 5. The van der Waals surface area contributed by atoms with Gasteiger partial charge in [-0.25, -0.2) is 18.6 Å². The summed E-state index contributed by atoms with van der Waals surface area (Å²) in [5.74, 6) is -4.54. The number of aromatic nitrogens is 3. The van der Waals surface area contributed by atoms with Gasteiger partial charge in [-0.3, -0.25) is 18.7 Å². The number of rotatable bonds is 5. The number of nitrogen functional groups attached to an aromatic ring is 1. The van der Waals surface area contributed by atoms with Crippen LogP contribution in [0, 0.1) is 11.6 Å². The van der Waals surface area contributed by atoms with Gasteiger partial charge < -0.3 is 11.1 Å². The maximum atomic E-state index is 13.8. The Balaban J connectivity index is 1.79. The van der Waals surface area contributed by atoms with Gasteiger partial charge in [0.25, 0.3) is 5.56 Å². The highest BCUT2D eigenvalue weighted by Gasteiger charge is 2.38. The third-order valence-electron chi connectivity index (χ3n) is 4.68. The summed E-state index contributed by atoms with van der Waals surface area (Å²) in [6.45, 7) is 0. The Hall–Kier alpha value is -3.46. The third-order valence-corrected chi connectivity index (χ3v) is 5.79. The number of hydrogen-bond donors (Lipinski definition) is 2. The molecule has 8 nitrogen and oxygen atoms in total. The Morgan fingerprint density at radius 3 is 2.32 bits per heavy atom. The van der Waals surface area contributed by atoms with E-state index in [2.05, 4.69) is 10.3 Å². The molecule has 3 rings (SSSR count). The number of nitrogens with one attached hydrogen (secondary N) is 1. The highest BCUT2D eigenvalue weighted by atomic mass is 32.1. The first-order chi connectivity index (χ1) is 15.7. The summed E-state index contributed by atoms with van der Waals surface area (Å²) >= 11 is 5.98. The summed E-state index contributed by atoms with van der Waals surface area (Å²) in [4.78, 5) is 40.4. The molecule has 0 saturated carbocycles. The van der Waals surface area contributed by atoms with E-state index in [-0.39, 0.29) is 32.6 Å². The molecule has 2 aromatic heterocycles. The highest BCUT2D eigenvalue weighted by Crippen LogP contribution is 2.36. The molecule has 3 N–H and O–H groups in total. The van der Waals surface area contributed by atoms with Gasteiger partial charge >= 0.3 is 11.9 Å². The number of benzene rings is 1. The lowest BCUT2D eigenvalue weighted by Crippen LogP contribution is -2.41. The number of carbonyl (C=O) groups excluding carboxylic acids is 1. The highest BCUT2D eigenvalue weighted by molar-refractivity contribution is 7.81. The first-order valence-corrected chi connectivity index (χ1v) is 10.4. The minimum absolute atomic E-state index is 0.0372. The number of amides is 1. The number of carbonyl (C=O) groups is 1. The molecule has 34 heavy (non-hydrogen) atoms. The molecule has 0 spiro atoms. The molecule has 0 aliphatic rings. The van der Waals surface area contributed by atoms with Crippen molar-refractivity contribution < 1.29 is 26.7 Å². The number of thiocarbonyl (C=S) groups is 1. The Bertz CT molecular complexity index is 1420. The minimum atomic E-state index is -5.21. The van der Waals surface area contributed by atoms with Gasteiger partial charge in [0, 0.05) is 29.9 Å². The fraction of sp³-hybridized carbons (Fsp3) is 0.211. The third kappa shape index (κ3) is 4.75. The van der Waals surface area contributed by atoms with Crippen LogP contribution in [0.2, 0.25) is 0 Å². The number of nitrogens with two attached hydrogens (primary N) is 1. The lowest BCUT2D eigenvalue weighted by Gasteiger charge is -2.12. The van der Waals surface area contributed by atoms with Gasteiger partial charge in [-0.2, -0.15) is 13.2 Å². The van der Waals surface area contributed by atoms with Crippen LogP contribution in [0.1, 0.15) is 17.5 Å². The van der Waals surface area contributed by atoms with Crippen molar-refractivity contribution in [1.82, 2.24) is 14.1 Å². The van der Waals surface area contributed by atoms with E-state index in [1.54, 1.807) is 0 Å². The fourth-order valence-electron chi connectivity index (χ4n) is 2.98. The molecule has 2 heterocycles. The fourth-order valence-corrected chi connectivity index (χ4v) is 4.03. The molecule has 1 amide bonds. The second-order valence-corrected chi connectivity index (χ2v) is 8.32. The Morgan fingerprint density at radius 1 is 1.18 bits per heavy atom. The van der Waals surface area contributed by atoms with Crippen LogP contribution in [-0.2, 0) is 25.1 Å². The first kappa shape index (κ1) is 25.2. The predicted octanol–water partition coefficient (Wildman–Crippen LogP) is 2.83. The summed E-state index contributed by atoms with van der Waals surface area (Å²) in [5.41, 5.74) is 1.80. The first-order valence-electron chi connectivity index (χ1n) is 9.13. The van der Waals surface area contributed by atoms with Crippen molar-refractivity contribution in [3.8, 4) is 11.3 Å². The molecule has 0 bridgehead atoms. The van der Waals surface area contributed by atoms with E-state index >= 15 is 0 Å².